The van der Waals surface area contributed by atoms with Crippen LogP contribution in [-0.2, 0) is 0 Å². The van der Waals surface area contributed by atoms with Crippen LogP contribution in [0.15, 0.2) is 173 Å². The second-order valence-electron chi connectivity index (χ2n) is 15.8. The minimum atomic E-state index is -2.53. The highest BCUT2D eigenvalue weighted by atomic mass is 28.3. The van der Waals surface area contributed by atoms with E-state index in [0.29, 0.717) is 0 Å². The lowest BCUT2D eigenvalue weighted by Gasteiger charge is -2.50. The highest BCUT2D eigenvalue weighted by molar-refractivity contribution is 7.21. The van der Waals surface area contributed by atoms with Gasteiger partial charge in [0.15, 0.2) is 0 Å². The van der Waals surface area contributed by atoms with Gasteiger partial charge in [-0.1, -0.05) is 108 Å². The number of anilines is 6. The van der Waals surface area contributed by atoms with Crippen LogP contribution in [0.3, 0.4) is 0 Å². The van der Waals surface area contributed by atoms with Gasteiger partial charge in [-0.25, -0.2) is 0 Å². The molecule has 0 saturated heterocycles. The first-order valence-electron chi connectivity index (χ1n) is 19.5. The summed E-state index contributed by atoms with van der Waals surface area (Å²) in [7, 11) is -2.53. The SMILES string of the molecule is Cc1cc2c3c(c1)N(c1ccc4c(c1)oc1ccccc14)c1cccc4c1B3c1c(cccc1[Si]4(C)c1ccccc1)N2c1ccc2c(c1)oc1ccccc12. The van der Waals surface area contributed by atoms with Crippen molar-refractivity contribution in [1.29, 1.82) is 0 Å². The second kappa shape index (κ2) is 10.7. The maximum Gasteiger partial charge on any atom is 0.251 e. The third kappa shape index (κ3) is 3.79. The second-order valence-corrected chi connectivity index (χ2v) is 19.8. The van der Waals surface area contributed by atoms with Crippen molar-refractivity contribution in [3.8, 4) is 0 Å². The molecule has 3 aliphatic heterocycles. The Balaban J connectivity index is 1.14. The number of rotatable bonds is 3. The molecule has 13 rings (SSSR count). The summed E-state index contributed by atoms with van der Waals surface area (Å²) in [4.78, 5) is 5.04. The van der Waals surface area contributed by atoms with Crippen LogP contribution in [-0.4, -0.2) is 14.8 Å². The number of furan rings is 2. The zero-order valence-corrected chi connectivity index (χ0v) is 31.9. The molecule has 0 N–H and O–H groups in total. The molecule has 5 heterocycles. The van der Waals surface area contributed by atoms with E-state index in [9.17, 15) is 0 Å². The van der Waals surface area contributed by atoms with Crippen molar-refractivity contribution in [3.63, 3.8) is 0 Å². The molecule has 6 heteroatoms. The van der Waals surface area contributed by atoms with E-state index >= 15 is 0 Å². The van der Waals surface area contributed by atoms with Crippen LogP contribution >= 0.6 is 0 Å². The predicted octanol–water partition coefficient (Wildman–Crippen LogP) is 9.29. The number of aryl methyl sites for hydroxylation is 1. The molecular formula is C50H33BN2O2Si. The summed E-state index contributed by atoms with van der Waals surface area (Å²) >= 11 is 0. The zero-order chi connectivity index (χ0) is 36.9. The first kappa shape index (κ1) is 30.6. The van der Waals surface area contributed by atoms with Gasteiger partial charge in [-0.15, -0.1) is 0 Å². The summed E-state index contributed by atoms with van der Waals surface area (Å²) in [5.74, 6) is 0. The van der Waals surface area contributed by atoms with Gasteiger partial charge in [-0.2, -0.15) is 0 Å². The number of benzene rings is 8. The first-order valence-corrected chi connectivity index (χ1v) is 22.0. The van der Waals surface area contributed by atoms with Gasteiger partial charge in [0, 0.05) is 67.8 Å². The molecule has 0 bridgehead atoms. The zero-order valence-electron chi connectivity index (χ0n) is 30.9. The van der Waals surface area contributed by atoms with E-state index in [2.05, 4.69) is 175 Å². The van der Waals surface area contributed by atoms with Crippen molar-refractivity contribution < 1.29 is 8.83 Å². The average Bonchev–Trinajstić information content (AvgIpc) is 3.80. The van der Waals surface area contributed by atoms with Gasteiger partial charge in [0.2, 0.25) is 0 Å². The fourth-order valence-corrected chi connectivity index (χ4v) is 14.8. The molecule has 0 amide bonds. The molecule has 0 aliphatic carbocycles. The van der Waals surface area contributed by atoms with Crippen LogP contribution in [0.1, 0.15) is 5.56 Å². The molecule has 2 aromatic heterocycles. The van der Waals surface area contributed by atoms with Crippen molar-refractivity contribution in [2.45, 2.75) is 13.5 Å². The van der Waals surface area contributed by atoms with Crippen molar-refractivity contribution in [2.24, 2.45) is 0 Å². The van der Waals surface area contributed by atoms with Gasteiger partial charge < -0.3 is 18.6 Å². The van der Waals surface area contributed by atoms with Crippen LogP contribution in [0.2, 0.25) is 6.55 Å². The normalized spacial score (nSPS) is 14.6. The molecule has 10 aromatic rings. The number of hydrogen-bond donors (Lipinski definition) is 0. The molecule has 56 heavy (non-hydrogen) atoms. The van der Waals surface area contributed by atoms with E-state index in [1.807, 2.05) is 12.1 Å². The molecule has 8 aromatic carbocycles. The summed E-state index contributed by atoms with van der Waals surface area (Å²) in [6, 6.07) is 60.5. The molecule has 3 aliphatic rings. The Bertz CT molecular complexity index is 3130. The lowest BCUT2D eigenvalue weighted by atomic mass is 9.33. The number of nitrogens with zero attached hydrogens (tertiary/aromatic N) is 2. The molecule has 262 valence electrons. The quantitative estimate of drug-likeness (QED) is 0.170. The molecular weight excluding hydrogens is 699 g/mol. The summed E-state index contributed by atoms with van der Waals surface area (Å²) in [5, 5.41) is 8.95. The summed E-state index contributed by atoms with van der Waals surface area (Å²) in [6.45, 7) is 4.88. The Kier molecular flexibility index (Phi) is 5.85. The van der Waals surface area contributed by atoms with E-state index in [1.54, 1.807) is 0 Å². The minimum Gasteiger partial charge on any atom is -0.456 e. The van der Waals surface area contributed by atoms with Gasteiger partial charge in [0.05, 0.1) is 0 Å². The molecule has 0 spiro atoms. The van der Waals surface area contributed by atoms with E-state index < -0.39 is 8.07 Å². The number of fused-ring (bicyclic) bond motifs is 6. The molecule has 4 nitrogen and oxygen atoms in total. The third-order valence-electron chi connectivity index (χ3n) is 12.9. The first-order chi connectivity index (χ1) is 27.6. The monoisotopic (exact) mass is 732 g/mol. The molecule has 0 fully saturated rings. The smallest absolute Gasteiger partial charge is 0.251 e. The lowest BCUT2D eigenvalue weighted by molar-refractivity contribution is 0.668. The Morgan fingerprint density at radius 3 is 1.45 bits per heavy atom. The highest BCUT2D eigenvalue weighted by Gasteiger charge is 2.53. The standard InChI is InChI=1S/C50H33BN2O2Si/c1-30-26-40-48-41(27-30)53(32-23-25-37-35-15-7-9-19-43(35)55-45(37)29-32)39-17-11-21-47-50(39)51(48)49-38(16-10-20-46(49)56(47,2)33-12-4-3-5-13-33)52(40)31-22-24-36-34-14-6-8-18-42(34)54-44(36)28-31/h3-29H,1-2H3. The Labute approximate surface area is 324 Å². The molecule has 0 unspecified atom stereocenters. The minimum absolute atomic E-state index is 0.0830. The van der Waals surface area contributed by atoms with Crippen molar-refractivity contribution >= 4 is 125 Å². The van der Waals surface area contributed by atoms with Gasteiger partial charge in [-0.3, -0.25) is 0 Å². The molecule has 0 atom stereocenters. The maximum absolute atomic E-state index is 6.53. The summed E-state index contributed by atoms with van der Waals surface area (Å²) in [6.07, 6.45) is 0. The molecule has 0 saturated carbocycles. The van der Waals surface area contributed by atoms with E-state index in [0.717, 1.165) is 55.3 Å². The Morgan fingerprint density at radius 2 is 0.911 bits per heavy atom. The Morgan fingerprint density at radius 1 is 0.429 bits per heavy atom. The maximum atomic E-state index is 6.53. The van der Waals surface area contributed by atoms with E-state index in [4.69, 9.17) is 8.83 Å². The summed E-state index contributed by atoms with van der Waals surface area (Å²) < 4.78 is 13.1. The Hall–Kier alpha value is -6.76. The van der Waals surface area contributed by atoms with Crippen LogP contribution in [0.25, 0.3) is 43.9 Å². The lowest BCUT2D eigenvalue weighted by Crippen LogP contribution is -2.83. The highest BCUT2D eigenvalue weighted by Crippen LogP contribution is 2.46. The van der Waals surface area contributed by atoms with Crippen LogP contribution in [0.5, 0.6) is 0 Å². The average molecular weight is 733 g/mol. The van der Waals surface area contributed by atoms with Crippen LogP contribution in [0, 0.1) is 6.92 Å². The summed E-state index contributed by atoms with van der Waals surface area (Å²) in [5.41, 5.74) is 16.1. The largest absolute Gasteiger partial charge is 0.456 e. The molecule has 0 radical (unpaired) electrons. The number of hydrogen-bond acceptors (Lipinski definition) is 4. The van der Waals surface area contributed by atoms with Gasteiger partial charge in [-0.05, 0) is 94.7 Å². The van der Waals surface area contributed by atoms with Crippen LogP contribution < -0.4 is 41.7 Å². The van der Waals surface area contributed by atoms with Gasteiger partial charge >= 0.3 is 0 Å². The third-order valence-corrected chi connectivity index (χ3v) is 17.5. The van der Waals surface area contributed by atoms with Crippen molar-refractivity contribution in [1.82, 2.24) is 0 Å². The van der Waals surface area contributed by atoms with E-state index in [-0.39, 0.29) is 6.71 Å². The van der Waals surface area contributed by atoms with Gasteiger partial charge in [0.1, 0.15) is 30.4 Å². The topological polar surface area (TPSA) is 32.8 Å². The fourth-order valence-electron chi connectivity index (χ4n) is 10.6. The fraction of sp³-hybridized carbons (Fsp3) is 0.0400. The predicted molar refractivity (Wildman–Crippen MR) is 237 cm³/mol. The van der Waals surface area contributed by atoms with Crippen molar-refractivity contribution in [3.05, 3.63) is 169 Å². The van der Waals surface area contributed by atoms with Gasteiger partial charge in [0.25, 0.3) is 6.71 Å². The van der Waals surface area contributed by atoms with Crippen LogP contribution in [0.4, 0.5) is 34.1 Å². The van der Waals surface area contributed by atoms with Crippen molar-refractivity contribution in [2.75, 3.05) is 9.80 Å². The number of para-hydroxylation sites is 2. The van der Waals surface area contributed by atoms with E-state index in [1.165, 1.54) is 60.3 Å².